The molecule has 4 heteroatoms. The highest BCUT2D eigenvalue weighted by Gasteiger charge is 2.11. The molecule has 0 saturated heterocycles. The smallest absolute Gasteiger partial charge is 0.142 e. The van der Waals surface area contributed by atoms with Gasteiger partial charge in [-0.2, -0.15) is 0 Å². The highest BCUT2D eigenvalue weighted by molar-refractivity contribution is 5.82. The van der Waals surface area contributed by atoms with E-state index in [0.717, 1.165) is 11.0 Å². The second-order valence-electron chi connectivity index (χ2n) is 4.74. The molecule has 3 N–H and O–H groups in total. The third-order valence-corrected chi connectivity index (χ3v) is 3.33. The van der Waals surface area contributed by atoms with E-state index in [-0.39, 0.29) is 11.5 Å². The molecule has 19 heavy (non-hydrogen) atoms. The number of aromatic hydroxyl groups is 2. The third kappa shape index (κ3) is 1.91. The first kappa shape index (κ1) is 11.6. The van der Waals surface area contributed by atoms with Gasteiger partial charge in [0, 0.05) is 0 Å². The van der Waals surface area contributed by atoms with Crippen molar-refractivity contribution in [1.29, 1.82) is 0 Å². The van der Waals surface area contributed by atoms with Gasteiger partial charge in [-0.1, -0.05) is 0 Å². The molecule has 0 spiro atoms. The molecule has 0 aliphatic rings. The minimum absolute atomic E-state index is 0.0882. The van der Waals surface area contributed by atoms with Gasteiger partial charge in [0.25, 0.3) is 0 Å². The number of fused-ring (bicyclic) bond motifs is 1. The lowest BCUT2D eigenvalue weighted by Gasteiger charge is -2.01. The minimum atomic E-state index is 0.0882. The number of aryl methyl sites for hydroxylation is 2. The topological polar surface area (TPSA) is 69.1 Å². The molecule has 1 heterocycles. The van der Waals surface area contributed by atoms with Crippen LogP contribution in [0, 0.1) is 13.8 Å². The second-order valence-corrected chi connectivity index (χ2v) is 4.74. The van der Waals surface area contributed by atoms with E-state index in [4.69, 9.17) is 0 Å². The maximum atomic E-state index is 9.85. The Morgan fingerprint density at radius 3 is 2.53 bits per heavy atom. The second kappa shape index (κ2) is 4.02. The van der Waals surface area contributed by atoms with Gasteiger partial charge in [-0.05, 0) is 55.3 Å². The van der Waals surface area contributed by atoms with E-state index in [0.29, 0.717) is 11.4 Å². The van der Waals surface area contributed by atoms with Crippen LogP contribution in [0.25, 0.3) is 22.4 Å². The molecule has 0 aliphatic heterocycles. The van der Waals surface area contributed by atoms with Gasteiger partial charge < -0.3 is 15.2 Å². The van der Waals surface area contributed by atoms with Crippen molar-refractivity contribution >= 4 is 11.0 Å². The highest BCUT2D eigenvalue weighted by atomic mass is 16.3. The van der Waals surface area contributed by atoms with Crippen molar-refractivity contribution in [2.24, 2.45) is 0 Å². The molecule has 2 aromatic carbocycles. The van der Waals surface area contributed by atoms with Gasteiger partial charge >= 0.3 is 0 Å². The van der Waals surface area contributed by atoms with Crippen LogP contribution < -0.4 is 0 Å². The average molecular weight is 254 g/mol. The molecule has 0 radical (unpaired) electrons. The Morgan fingerprint density at radius 2 is 1.74 bits per heavy atom. The molecule has 0 aliphatic carbocycles. The van der Waals surface area contributed by atoms with Gasteiger partial charge in [0.05, 0.1) is 16.6 Å². The quantitative estimate of drug-likeness (QED) is 0.584. The first-order valence-corrected chi connectivity index (χ1v) is 6.04. The van der Waals surface area contributed by atoms with Crippen molar-refractivity contribution in [3.8, 4) is 22.9 Å². The number of H-pyrrole nitrogens is 1. The van der Waals surface area contributed by atoms with Crippen molar-refractivity contribution < 1.29 is 10.2 Å². The molecule has 4 nitrogen and oxygen atoms in total. The number of rotatable bonds is 1. The van der Waals surface area contributed by atoms with Gasteiger partial charge in [0.2, 0.25) is 0 Å². The van der Waals surface area contributed by atoms with E-state index in [1.807, 2.05) is 26.0 Å². The monoisotopic (exact) mass is 254 g/mol. The fourth-order valence-corrected chi connectivity index (χ4v) is 2.11. The molecule has 3 rings (SSSR count). The van der Waals surface area contributed by atoms with Crippen LogP contribution in [0.4, 0.5) is 0 Å². The average Bonchev–Trinajstić information content (AvgIpc) is 2.75. The summed E-state index contributed by atoms with van der Waals surface area (Å²) < 4.78 is 0. The van der Waals surface area contributed by atoms with Gasteiger partial charge in [-0.25, -0.2) is 4.98 Å². The summed E-state index contributed by atoms with van der Waals surface area (Å²) >= 11 is 0. The Labute approximate surface area is 110 Å². The zero-order valence-electron chi connectivity index (χ0n) is 10.7. The van der Waals surface area contributed by atoms with E-state index in [9.17, 15) is 10.2 Å². The molecule has 96 valence electrons. The third-order valence-electron chi connectivity index (χ3n) is 3.33. The summed E-state index contributed by atoms with van der Waals surface area (Å²) in [6, 6.07) is 8.42. The molecule has 0 amide bonds. The van der Waals surface area contributed by atoms with Crippen LogP contribution in [-0.4, -0.2) is 20.2 Å². The number of benzene rings is 2. The molecule has 0 bridgehead atoms. The Bertz CT molecular complexity index is 736. The molecule has 0 unspecified atom stereocenters. The predicted octanol–water partition coefficient (Wildman–Crippen LogP) is 3.26. The summed E-state index contributed by atoms with van der Waals surface area (Å²) in [6.45, 7) is 4.08. The number of aromatic amines is 1. The number of aromatic nitrogens is 2. The van der Waals surface area contributed by atoms with Crippen LogP contribution in [0.15, 0.2) is 30.3 Å². The van der Waals surface area contributed by atoms with Crippen LogP contribution in [0.3, 0.4) is 0 Å². The Kier molecular flexibility index (Phi) is 2.45. The van der Waals surface area contributed by atoms with E-state index in [1.165, 1.54) is 29.3 Å². The lowest BCUT2D eigenvalue weighted by Crippen LogP contribution is -1.81. The van der Waals surface area contributed by atoms with Crippen molar-refractivity contribution in [1.82, 2.24) is 9.97 Å². The number of nitrogens with one attached hydrogen (secondary N) is 1. The summed E-state index contributed by atoms with van der Waals surface area (Å²) in [7, 11) is 0. The SMILES string of the molecule is Cc1cc2nc(-c3cc(O)ccc3O)[nH]c2cc1C. The van der Waals surface area contributed by atoms with Gasteiger partial charge in [-0.3, -0.25) is 0 Å². The van der Waals surface area contributed by atoms with Gasteiger partial charge in [0.15, 0.2) is 0 Å². The maximum Gasteiger partial charge on any atom is 0.142 e. The molecule has 0 atom stereocenters. The van der Waals surface area contributed by atoms with E-state index in [1.54, 1.807) is 0 Å². The number of phenolic OH excluding ortho intramolecular Hbond substituents is 2. The molecule has 1 aromatic heterocycles. The van der Waals surface area contributed by atoms with Gasteiger partial charge in [-0.15, -0.1) is 0 Å². The Balaban J connectivity index is 2.23. The minimum Gasteiger partial charge on any atom is -0.508 e. The lowest BCUT2D eigenvalue weighted by molar-refractivity contribution is 0.461. The van der Waals surface area contributed by atoms with E-state index in [2.05, 4.69) is 9.97 Å². The first-order chi connectivity index (χ1) is 9.04. The summed E-state index contributed by atoms with van der Waals surface area (Å²) in [4.78, 5) is 7.63. The van der Waals surface area contributed by atoms with E-state index >= 15 is 0 Å². The maximum absolute atomic E-state index is 9.85. The normalized spacial score (nSPS) is 11.1. The first-order valence-electron chi connectivity index (χ1n) is 6.04. The summed E-state index contributed by atoms with van der Waals surface area (Å²) in [5.41, 5.74) is 4.61. The number of hydrogen-bond acceptors (Lipinski definition) is 3. The molecular formula is C15H14N2O2. The van der Waals surface area contributed by atoms with Crippen molar-refractivity contribution in [3.05, 3.63) is 41.5 Å². The van der Waals surface area contributed by atoms with Crippen LogP contribution in [-0.2, 0) is 0 Å². The fraction of sp³-hybridized carbons (Fsp3) is 0.133. The molecule has 0 saturated carbocycles. The lowest BCUT2D eigenvalue weighted by atomic mass is 10.1. The molecular weight excluding hydrogens is 240 g/mol. The Hall–Kier alpha value is -2.49. The van der Waals surface area contributed by atoms with Crippen LogP contribution in [0.1, 0.15) is 11.1 Å². The largest absolute Gasteiger partial charge is 0.508 e. The van der Waals surface area contributed by atoms with Crippen molar-refractivity contribution in [2.75, 3.05) is 0 Å². The van der Waals surface area contributed by atoms with Gasteiger partial charge in [0.1, 0.15) is 17.3 Å². The van der Waals surface area contributed by atoms with Crippen molar-refractivity contribution in [3.63, 3.8) is 0 Å². The van der Waals surface area contributed by atoms with Crippen molar-refractivity contribution in [2.45, 2.75) is 13.8 Å². The number of imidazole rings is 1. The summed E-state index contributed by atoms with van der Waals surface area (Å²) in [5, 5.41) is 19.4. The standard InChI is InChI=1S/C15H14N2O2/c1-8-5-12-13(6-9(8)2)17-15(16-12)11-7-10(18)3-4-14(11)19/h3-7,18-19H,1-2H3,(H,16,17). The highest BCUT2D eigenvalue weighted by Crippen LogP contribution is 2.32. The molecule has 3 aromatic rings. The summed E-state index contributed by atoms with van der Waals surface area (Å²) in [5.74, 6) is 0.735. The van der Waals surface area contributed by atoms with E-state index < -0.39 is 0 Å². The number of hydrogen-bond donors (Lipinski definition) is 3. The number of phenols is 2. The van der Waals surface area contributed by atoms with Crippen LogP contribution >= 0.6 is 0 Å². The molecule has 0 fully saturated rings. The number of nitrogens with zero attached hydrogens (tertiary/aromatic N) is 1. The predicted molar refractivity (Wildman–Crippen MR) is 74.3 cm³/mol. The van der Waals surface area contributed by atoms with Crippen LogP contribution in [0.2, 0.25) is 0 Å². The zero-order valence-corrected chi connectivity index (χ0v) is 10.7. The summed E-state index contributed by atoms with van der Waals surface area (Å²) in [6.07, 6.45) is 0. The van der Waals surface area contributed by atoms with Crippen LogP contribution in [0.5, 0.6) is 11.5 Å². The Morgan fingerprint density at radius 1 is 1.00 bits per heavy atom. The zero-order chi connectivity index (χ0) is 13.6. The fourth-order valence-electron chi connectivity index (χ4n) is 2.11.